The fourth-order valence-electron chi connectivity index (χ4n) is 13.2. The summed E-state index contributed by atoms with van der Waals surface area (Å²) >= 11 is 0. The van der Waals surface area contributed by atoms with Crippen LogP contribution in [0.15, 0.2) is 85.0 Å². The van der Waals surface area contributed by atoms with Gasteiger partial charge in [0.05, 0.1) is 58.8 Å². The number of hydrogen-bond donors (Lipinski definition) is 0. The zero-order chi connectivity index (χ0) is 53.6. The van der Waals surface area contributed by atoms with Gasteiger partial charge in [-0.1, -0.05) is 60.7 Å². The van der Waals surface area contributed by atoms with Crippen molar-refractivity contribution >= 4 is 81.7 Å². The van der Waals surface area contributed by atoms with Crippen LogP contribution in [0.2, 0.25) is 0 Å². The number of likely N-dealkylation sites (tertiary alicyclic amines) is 4. The van der Waals surface area contributed by atoms with Gasteiger partial charge in [-0.05, 0) is 79.0 Å². The molecule has 5 saturated heterocycles. The van der Waals surface area contributed by atoms with Gasteiger partial charge in [-0.15, -0.1) is 0 Å². The molecule has 8 heterocycles. The molecule has 75 heavy (non-hydrogen) atoms. The number of imide groups is 6. The van der Waals surface area contributed by atoms with Crippen molar-refractivity contribution in [2.75, 3.05) is 42.3 Å². The van der Waals surface area contributed by atoms with Crippen LogP contribution in [-0.2, 0) is 43.1 Å². The number of benzene rings is 3. The highest BCUT2D eigenvalue weighted by Gasteiger charge is 2.61. The van der Waals surface area contributed by atoms with Crippen LogP contribution in [0.25, 0.3) is 10.8 Å². The molecular formula is C56H56N6O13. The second-order valence-electron chi connectivity index (χ2n) is 21.0. The van der Waals surface area contributed by atoms with Crippen LogP contribution in [-0.4, -0.2) is 155 Å². The first-order valence-electron chi connectivity index (χ1n) is 25.2. The molecule has 0 N–H and O–H groups in total. The van der Waals surface area contributed by atoms with E-state index in [1.807, 2.05) is 36.4 Å². The van der Waals surface area contributed by atoms with Crippen molar-refractivity contribution in [3.05, 3.63) is 107 Å². The number of carbonyl (C=O) groups is 12. The lowest BCUT2D eigenvalue weighted by Gasteiger charge is -2.23. The summed E-state index contributed by atoms with van der Waals surface area (Å²) in [5.74, 6) is 0.398. The highest BCUT2D eigenvalue weighted by Crippen LogP contribution is 2.56. The molecule has 19 nitrogen and oxygen atoms in total. The molecule has 12 amide bonds. The van der Waals surface area contributed by atoms with Gasteiger partial charge in [-0.3, -0.25) is 86.9 Å². The van der Waals surface area contributed by atoms with Crippen LogP contribution < -0.4 is 0 Å². The van der Waals surface area contributed by atoms with Crippen molar-refractivity contribution in [1.82, 2.24) is 29.4 Å². The maximum Gasteiger partial charge on any atom is 0.261 e. The van der Waals surface area contributed by atoms with Crippen molar-refractivity contribution in [3.63, 3.8) is 0 Å². The molecule has 12 atom stereocenters. The minimum absolute atomic E-state index is 0.0208. The number of carbonyl (C=O) groups excluding carboxylic acids is 12. The molecule has 12 unspecified atom stereocenters. The van der Waals surface area contributed by atoms with Gasteiger partial charge in [0.15, 0.2) is 0 Å². The predicted octanol–water partition coefficient (Wildman–Crippen LogP) is 3.37. The van der Waals surface area contributed by atoms with Gasteiger partial charge in [0, 0.05) is 71.6 Å². The summed E-state index contributed by atoms with van der Waals surface area (Å²) in [6, 6.07) is 17.9. The van der Waals surface area contributed by atoms with Gasteiger partial charge in [0.25, 0.3) is 23.6 Å². The lowest BCUT2D eigenvalue weighted by Crippen LogP contribution is -2.36. The van der Waals surface area contributed by atoms with E-state index in [2.05, 4.69) is 12.2 Å². The molecule has 3 aromatic rings. The smallest absolute Gasteiger partial charge is 0.261 e. The Morgan fingerprint density at radius 2 is 0.733 bits per heavy atom. The van der Waals surface area contributed by atoms with Gasteiger partial charge in [0.1, 0.15) is 0 Å². The molecule has 0 aromatic heterocycles. The Morgan fingerprint density at radius 1 is 0.373 bits per heavy atom. The molecule has 0 radical (unpaired) electrons. The number of ether oxygens (including phenoxy) is 1. The quantitative estimate of drug-likeness (QED) is 0.233. The number of rotatable bonds is 0. The number of fused-ring (bicyclic) bond motifs is 16. The fraction of sp³-hybridized carbons (Fsp3) is 0.429. The van der Waals surface area contributed by atoms with Gasteiger partial charge in [-0.25, -0.2) is 0 Å². The molecule has 388 valence electrons. The van der Waals surface area contributed by atoms with Crippen LogP contribution in [0.1, 0.15) is 80.0 Å². The summed E-state index contributed by atoms with van der Waals surface area (Å²) in [5, 5.41) is 1.71. The van der Waals surface area contributed by atoms with Crippen LogP contribution in [0.5, 0.6) is 0 Å². The second-order valence-corrected chi connectivity index (χ2v) is 21.0. The minimum Gasteiger partial charge on any atom is -0.365 e. The number of nitrogens with zero attached hydrogens (tertiary/aromatic N) is 6. The van der Waals surface area contributed by atoms with E-state index in [0.717, 1.165) is 33.4 Å². The summed E-state index contributed by atoms with van der Waals surface area (Å²) in [6.07, 6.45) is 12.9. The van der Waals surface area contributed by atoms with E-state index in [1.165, 1.54) is 53.6 Å². The third-order valence-corrected chi connectivity index (χ3v) is 17.2. The van der Waals surface area contributed by atoms with Crippen molar-refractivity contribution in [2.45, 2.75) is 50.7 Å². The lowest BCUT2D eigenvalue weighted by atomic mass is 9.81. The third-order valence-electron chi connectivity index (χ3n) is 17.2. The molecule has 19 heteroatoms. The highest BCUT2D eigenvalue weighted by atomic mass is 16.5. The molecule has 8 aliphatic heterocycles. The Kier molecular flexibility index (Phi) is 13.0. The van der Waals surface area contributed by atoms with E-state index < -0.39 is 0 Å². The standard InChI is InChI=1S/C13H9NO2.C10H13NO2.C10H11NO2.C9H9NO3.C9H7NO2.C5H7NO2/c1-14-12(15)9-6-2-4-8-5-3-7-10(11(8)9)13(14)16;2*1-11-9(12)7-5-2-3-6(4-5)8(7)10(11)13;1-10-8(11)6-4-2-3-5(13-4)7(6)9(10)12;1-10-8(11)6-4-2-3-5-7(6)9(10)12;1-6-4(7)2-3-5(6)8/h2-7H,1H3;5-8H,2-4H2,1H3;2-3,5-8H,4H2,1H3;2-7H,1H3;2-5H,1H3;2-3H2,1H3. The van der Waals surface area contributed by atoms with Crippen LogP contribution in [0, 0.1) is 59.2 Å². The first kappa shape index (κ1) is 50.7. The van der Waals surface area contributed by atoms with Crippen molar-refractivity contribution in [1.29, 1.82) is 0 Å². The second kappa shape index (κ2) is 19.2. The molecule has 0 spiro atoms. The van der Waals surface area contributed by atoms with Gasteiger partial charge in [0.2, 0.25) is 47.3 Å². The minimum atomic E-state index is -0.243. The fourth-order valence-corrected chi connectivity index (χ4v) is 13.2. The molecule has 15 rings (SSSR count). The van der Waals surface area contributed by atoms with Crippen molar-refractivity contribution < 1.29 is 62.3 Å². The average Bonchev–Trinajstić information content (AvgIpc) is 4.34. The zero-order valence-corrected chi connectivity index (χ0v) is 42.2. The number of hydrogen-bond acceptors (Lipinski definition) is 13. The van der Waals surface area contributed by atoms with Gasteiger partial charge in [-0.2, -0.15) is 0 Å². The van der Waals surface area contributed by atoms with E-state index in [1.54, 1.807) is 57.5 Å². The summed E-state index contributed by atoms with van der Waals surface area (Å²) < 4.78 is 5.45. The van der Waals surface area contributed by atoms with E-state index >= 15 is 0 Å². The summed E-state index contributed by atoms with van der Waals surface area (Å²) in [6.45, 7) is 0. The Morgan fingerprint density at radius 3 is 1.12 bits per heavy atom. The van der Waals surface area contributed by atoms with Crippen LogP contribution in [0.3, 0.4) is 0 Å². The molecule has 3 saturated carbocycles. The topological polar surface area (TPSA) is 234 Å². The molecule has 12 aliphatic rings. The Bertz CT molecular complexity index is 2890. The van der Waals surface area contributed by atoms with E-state index in [-0.39, 0.29) is 119 Å². The highest BCUT2D eigenvalue weighted by molar-refractivity contribution is 6.25. The predicted molar refractivity (Wildman–Crippen MR) is 264 cm³/mol. The van der Waals surface area contributed by atoms with E-state index in [9.17, 15) is 57.5 Å². The Balaban J connectivity index is 0.000000104. The SMILES string of the molecule is CN1C(=O)C2C3C=CC(C3)C2C1=O.CN1C(=O)C2C3C=CC(O3)C2C1=O.CN1C(=O)C2C3CCC(C3)C2C1=O.CN1C(=O)CCC1=O.CN1C(=O)c2cccc3cccc(c23)C1=O.CN1C(=O)c2ccccc2C1=O. The van der Waals surface area contributed by atoms with Crippen molar-refractivity contribution in [2.24, 2.45) is 59.2 Å². The van der Waals surface area contributed by atoms with Crippen LogP contribution >= 0.6 is 0 Å². The zero-order valence-electron chi connectivity index (χ0n) is 42.2. The number of allylic oxidation sites excluding steroid dienone is 2. The van der Waals surface area contributed by atoms with Crippen LogP contribution in [0.4, 0.5) is 0 Å². The monoisotopic (exact) mass is 1020 g/mol. The van der Waals surface area contributed by atoms with Crippen molar-refractivity contribution in [3.8, 4) is 0 Å². The lowest BCUT2D eigenvalue weighted by molar-refractivity contribution is -0.141. The first-order chi connectivity index (χ1) is 35.7. The van der Waals surface area contributed by atoms with E-state index in [4.69, 9.17) is 4.74 Å². The maximum absolute atomic E-state index is 11.9. The normalized spacial score (nSPS) is 32.1. The Hall–Kier alpha value is -7.80. The molecule has 4 aliphatic carbocycles. The summed E-state index contributed by atoms with van der Waals surface area (Å²) in [7, 11) is 9.29. The molecule has 6 bridgehead atoms. The largest absolute Gasteiger partial charge is 0.365 e. The van der Waals surface area contributed by atoms with Gasteiger partial charge < -0.3 is 4.74 Å². The first-order valence-corrected chi connectivity index (χ1v) is 25.2. The number of amides is 12. The van der Waals surface area contributed by atoms with E-state index in [0.29, 0.717) is 58.8 Å². The summed E-state index contributed by atoms with van der Waals surface area (Å²) in [4.78, 5) is 145. The molecule has 8 fully saturated rings. The molecule has 3 aromatic carbocycles. The molecular weight excluding hydrogens is 965 g/mol. The Labute approximate surface area is 431 Å². The summed E-state index contributed by atoms with van der Waals surface area (Å²) in [5.41, 5.74) is 2.22. The third kappa shape index (κ3) is 8.13. The maximum atomic E-state index is 11.9. The van der Waals surface area contributed by atoms with Gasteiger partial charge >= 0.3 is 0 Å². The average molecular weight is 1020 g/mol.